The maximum Gasteiger partial charge on any atom is 0.283 e. The predicted molar refractivity (Wildman–Crippen MR) is 92.1 cm³/mol. The summed E-state index contributed by atoms with van der Waals surface area (Å²) < 4.78 is 2.05. The SMILES string of the molecule is CCCC(Nc1cnn(CCC)c(=O)c1Br)c1cccs1. The third-order valence-electron chi connectivity index (χ3n) is 3.21. The molecule has 6 heteroatoms. The molecule has 0 bridgehead atoms. The van der Waals surface area contributed by atoms with Crippen molar-refractivity contribution in [3.05, 3.63) is 43.4 Å². The highest BCUT2D eigenvalue weighted by molar-refractivity contribution is 9.10. The van der Waals surface area contributed by atoms with Gasteiger partial charge in [0.2, 0.25) is 0 Å². The Balaban J connectivity index is 2.25. The highest BCUT2D eigenvalue weighted by Gasteiger charge is 2.15. The van der Waals surface area contributed by atoms with Gasteiger partial charge in [0.15, 0.2) is 0 Å². The van der Waals surface area contributed by atoms with Gasteiger partial charge in [0.1, 0.15) is 4.47 Å². The number of hydrogen-bond acceptors (Lipinski definition) is 4. The van der Waals surface area contributed by atoms with Gasteiger partial charge < -0.3 is 5.32 Å². The summed E-state index contributed by atoms with van der Waals surface area (Å²) in [5, 5.41) is 9.76. The van der Waals surface area contributed by atoms with Crippen molar-refractivity contribution in [1.29, 1.82) is 0 Å². The Morgan fingerprint density at radius 2 is 2.24 bits per heavy atom. The van der Waals surface area contributed by atoms with Crippen molar-refractivity contribution in [2.75, 3.05) is 5.32 Å². The molecule has 0 fully saturated rings. The molecule has 0 aliphatic heterocycles. The highest BCUT2D eigenvalue weighted by atomic mass is 79.9. The molecule has 0 aliphatic rings. The van der Waals surface area contributed by atoms with Gasteiger partial charge in [0.25, 0.3) is 5.56 Å². The molecule has 0 spiro atoms. The van der Waals surface area contributed by atoms with Gasteiger partial charge in [-0.25, -0.2) is 4.68 Å². The summed E-state index contributed by atoms with van der Waals surface area (Å²) in [5.74, 6) is 0. The molecule has 2 rings (SSSR count). The van der Waals surface area contributed by atoms with Crippen LogP contribution >= 0.6 is 27.3 Å². The smallest absolute Gasteiger partial charge is 0.283 e. The fourth-order valence-corrected chi connectivity index (χ4v) is 3.42. The lowest BCUT2D eigenvalue weighted by Crippen LogP contribution is -2.25. The van der Waals surface area contributed by atoms with Gasteiger partial charge in [-0.3, -0.25) is 4.79 Å². The molecule has 21 heavy (non-hydrogen) atoms. The molecule has 0 aromatic carbocycles. The van der Waals surface area contributed by atoms with Gasteiger partial charge in [-0.15, -0.1) is 11.3 Å². The fourth-order valence-electron chi connectivity index (χ4n) is 2.19. The number of aromatic nitrogens is 2. The molecule has 0 amide bonds. The third-order valence-corrected chi connectivity index (χ3v) is 4.97. The van der Waals surface area contributed by atoms with Gasteiger partial charge in [-0.2, -0.15) is 5.10 Å². The monoisotopic (exact) mass is 369 g/mol. The number of anilines is 1. The zero-order valence-corrected chi connectivity index (χ0v) is 14.7. The van der Waals surface area contributed by atoms with Gasteiger partial charge in [0, 0.05) is 11.4 Å². The lowest BCUT2D eigenvalue weighted by atomic mass is 10.1. The number of aryl methyl sites for hydroxylation is 1. The lowest BCUT2D eigenvalue weighted by Gasteiger charge is -2.19. The van der Waals surface area contributed by atoms with Gasteiger partial charge in [-0.05, 0) is 40.2 Å². The van der Waals surface area contributed by atoms with Crippen LogP contribution in [0.5, 0.6) is 0 Å². The van der Waals surface area contributed by atoms with Crippen molar-refractivity contribution < 1.29 is 0 Å². The molecule has 2 aromatic heterocycles. The summed E-state index contributed by atoms with van der Waals surface area (Å²) in [6.07, 6.45) is 4.72. The van der Waals surface area contributed by atoms with Crippen LogP contribution in [0.4, 0.5) is 5.69 Å². The van der Waals surface area contributed by atoms with E-state index in [0.29, 0.717) is 11.0 Å². The van der Waals surface area contributed by atoms with Crippen molar-refractivity contribution in [1.82, 2.24) is 9.78 Å². The summed E-state index contributed by atoms with van der Waals surface area (Å²) in [5.41, 5.74) is 0.683. The molecule has 1 unspecified atom stereocenters. The van der Waals surface area contributed by atoms with E-state index in [2.05, 4.69) is 50.8 Å². The molecule has 1 atom stereocenters. The van der Waals surface area contributed by atoms with Crippen LogP contribution in [0.1, 0.15) is 44.0 Å². The van der Waals surface area contributed by atoms with Crippen LogP contribution < -0.4 is 10.9 Å². The molecule has 1 N–H and O–H groups in total. The molecular formula is C15H20BrN3OS. The third kappa shape index (κ3) is 3.95. The Morgan fingerprint density at radius 3 is 2.86 bits per heavy atom. The Kier molecular flexibility index (Phi) is 5.99. The van der Waals surface area contributed by atoms with Crippen molar-refractivity contribution in [2.24, 2.45) is 0 Å². The zero-order valence-electron chi connectivity index (χ0n) is 12.3. The molecule has 0 saturated heterocycles. The van der Waals surface area contributed by atoms with E-state index in [1.807, 2.05) is 6.92 Å². The normalized spacial score (nSPS) is 12.3. The van der Waals surface area contributed by atoms with Crippen LogP contribution in [0.2, 0.25) is 0 Å². The standard InChI is InChI=1S/C15H20BrN3OS/c1-3-6-11(13-7-5-9-21-13)18-12-10-17-19(8-4-2)15(20)14(12)16/h5,7,9-11,18H,3-4,6,8H2,1-2H3. The Bertz CT molecular complexity index is 624. The number of thiophene rings is 1. The van der Waals surface area contributed by atoms with Crippen LogP contribution in [-0.4, -0.2) is 9.78 Å². The van der Waals surface area contributed by atoms with Gasteiger partial charge in [-0.1, -0.05) is 26.3 Å². The van der Waals surface area contributed by atoms with E-state index in [9.17, 15) is 4.79 Å². The largest absolute Gasteiger partial charge is 0.375 e. The van der Waals surface area contributed by atoms with Crippen LogP contribution in [0, 0.1) is 0 Å². The van der Waals surface area contributed by atoms with E-state index in [1.54, 1.807) is 17.5 Å². The summed E-state index contributed by atoms with van der Waals surface area (Å²) in [4.78, 5) is 13.5. The molecule has 4 nitrogen and oxygen atoms in total. The first-order chi connectivity index (χ1) is 10.2. The maximum atomic E-state index is 12.2. The number of nitrogens with zero attached hydrogens (tertiary/aromatic N) is 2. The second kappa shape index (κ2) is 7.75. The Hall–Kier alpha value is -1.14. The molecular weight excluding hydrogens is 350 g/mol. The predicted octanol–water partition coefficient (Wildman–Crippen LogP) is 4.43. The van der Waals surface area contributed by atoms with Crippen molar-refractivity contribution in [3.63, 3.8) is 0 Å². The minimum Gasteiger partial charge on any atom is -0.375 e. The number of nitrogens with one attached hydrogen (secondary N) is 1. The minimum absolute atomic E-state index is 0.0803. The molecule has 0 aliphatic carbocycles. The van der Waals surface area contributed by atoms with E-state index in [4.69, 9.17) is 0 Å². The average molecular weight is 370 g/mol. The quantitative estimate of drug-likeness (QED) is 0.784. The van der Waals surface area contributed by atoms with Crippen LogP contribution in [-0.2, 0) is 6.54 Å². The van der Waals surface area contributed by atoms with Crippen LogP contribution in [0.25, 0.3) is 0 Å². The number of rotatable bonds is 7. The summed E-state index contributed by atoms with van der Waals surface area (Å²) in [6, 6.07) is 4.39. The molecule has 2 aromatic rings. The van der Waals surface area contributed by atoms with E-state index in [1.165, 1.54) is 9.56 Å². The molecule has 114 valence electrons. The first kappa shape index (κ1) is 16.2. The molecule has 0 radical (unpaired) electrons. The first-order valence-electron chi connectivity index (χ1n) is 7.22. The lowest BCUT2D eigenvalue weighted by molar-refractivity contribution is 0.564. The van der Waals surface area contributed by atoms with Crippen LogP contribution in [0.3, 0.4) is 0 Å². The average Bonchev–Trinajstić information content (AvgIpc) is 3.00. The van der Waals surface area contributed by atoms with Crippen molar-refractivity contribution in [3.8, 4) is 0 Å². The van der Waals surface area contributed by atoms with Crippen molar-refractivity contribution in [2.45, 2.75) is 45.7 Å². The van der Waals surface area contributed by atoms with E-state index in [-0.39, 0.29) is 11.6 Å². The first-order valence-corrected chi connectivity index (χ1v) is 8.90. The molecule has 2 heterocycles. The zero-order chi connectivity index (χ0) is 15.2. The molecule has 0 saturated carbocycles. The van der Waals surface area contributed by atoms with Gasteiger partial charge in [0.05, 0.1) is 17.9 Å². The maximum absolute atomic E-state index is 12.2. The van der Waals surface area contributed by atoms with Crippen LogP contribution in [0.15, 0.2) is 33.0 Å². The topological polar surface area (TPSA) is 46.9 Å². The summed E-state index contributed by atoms with van der Waals surface area (Å²) in [7, 11) is 0. The Morgan fingerprint density at radius 1 is 1.43 bits per heavy atom. The van der Waals surface area contributed by atoms with E-state index >= 15 is 0 Å². The van der Waals surface area contributed by atoms with Crippen molar-refractivity contribution >= 4 is 33.0 Å². The fraction of sp³-hybridized carbons (Fsp3) is 0.467. The van der Waals surface area contributed by atoms with E-state index < -0.39 is 0 Å². The Labute approximate surface area is 137 Å². The van der Waals surface area contributed by atoms with Gasteiger partial charge >= 0.3 is 0 Å². The number of hydrogen-bond donors (Lipinski definition) is 1. The number of halogens is 1. The second-order valence-electron chi connectivity index (χ2n) is 4.90. The highest BCUT2D eigenvalue weighted by Crippen LogP contribution is 2.29. The van der Waals surface area contributed by atoms with E-state index in [0.717, 1.165) is 24.9 Å². The summed E-state index contributed by atoms with van der Waals surface area (Å²) in [6.45, 7) is 4.83. The minimum atomic E-state index is -0.0803. The second-order valence-corrected chi connectivity index (χ2v) is 6.67. The summed E-state index contributed by atoms with van der Waals surface area (Å²) >= 11 is 5.14.